The molecule has 1 aliphatic heterocycles. The summed E-state index contributed by atoms with van der Waals surface area (Å²) in [6.07, 6.45) is 1.50. The highest BCUT2D eigenvalue weighted by Crippen LogP contribution is 2.41. The highest BCUT2D eigenvalue weighted by atomic mass is 35.5. The van der Waals surface area contributed by atoms with Crippen LogP contribution in [0.5, 0.6) is 5.75 Å². The molecule has 0 unspecified atom stereocenters. The molecule has 1 aliphatic rings. The molecule has 0 bridgehead atoms. The molecule has 23 heavy (non-hydrogen) atoms. The molecule has 2 heterocycles. The molecule has 2 aromatic carbocycles. The summed E-state index contributed by atoms with van der Waals surface area (Å²) in [4.78, 5) is 30.1. The number of anilines is 1. The quantitative estimate of drug-likeness (QED) is 0.696. The molecule has 112 valence electrons. The van der Waals surface area contributed by atoms with Crippen LogP contribution >= 0.6 is 11.6 Å². The first-order valence-electron chi connectivity index (χ1n) is 6.83. The van der Waals surface area contributed by atoms with Crippen molar-refractivity contribution in [3.63, 3.8) is 0 Å². The number of phenolic OH excluding ortho intramolecular Hbond substituents is 1. The van der Waals surface area contributed by atoms with E-state index < -0.39 is 11.8 Å². The lowest BCUT2D eigenvalue weighted by Gasteiger charge is -2.17. The summed E-state index contributed by atoms with van der Waals surface area (Å²) in [5, 5.41) is 11.3. The number of aromatic nitrogens is 1. The second-order valence-electron chi connectivity index (χ2n) is 5.12. The Morgan fingerprint density at radius 2 is 1.65 bits per heavy atom. The first kappa shape index (κ1) is 13.7. The molecule has 0 saturated carbocycles. The topological polar surface area (TPSA) is 70.5 Å². The number of fused-ring (bicyclic) bond motifs is 2. The van der Waals surface area contributed by atoms with Crippen molar-refractivity contribution in [2.75, 3.05) is 4.90 Å². The molecule has 4 rings (SSSR count). The lowest BCUT2D eigenvalue weighted by atomic mass is 10.1. The van der Waals surface area contributed by atoms with Gasteiger partial charge in [-0.2, -0.15) is 0 Å². The molecule has 0 saturated heterocycles. The van der Waals surface area contributed by atoms with Gasteiger partial charge < -0.3 is 5.11 Å². The van der Waals surface area contributed by atoms with E-state index in [1.165, 1.54) is 12.3 Å². The number of rotatable bonds is 1. The number of hydrogen-bond acceptors (Lipinski definition) is 4. The predicted molar refractivity (Wildman–Crippen MR) is 86.0 cm³/mol. The molecule has 5 nitrogen and oxygen atoms in total. The number of aromatic hydroxyl groups is 1. The van der Waals surface area contributed by atoms with Crippen LogP contribution in [0.4, 0.5) is 5.69 Å². The summed E-state index contributed by atoms with van der Waals surface area (Å²) in [6.45, 7) is 0. The molecule has 6 heteroatoms. The van der Waals surface area contributed by atoms with Crippen molar-refractivity contribution in [1.29, 1.82) is 0 Å². The van der Waals surface area contributed by atoms with Crippen LogP contribution in [0.2, 0.25) is 5.02 Å². The van der Waals surface area contributed by atoms with E-state index >= 15 is 0 Å². The number of carbonyl (C=O) groups is 2. The summed E-state index contributed by atoms with van der Waals surface area (Å²) >= 11 is 6.22. The van der Waals surface area contributed by atoms with Gasteiger partial charge >= 0.3 is 0 Å². The number of halogens is 1. The van der Waals surface area contributed by atoms with E-state index in [-0.39, 0.29) is 17.0 Å². The van der Waals surface area contributed by atoms with Crippen molar-refractivity contribution in [3.05, 3.63) is 64.8 Å². The van der Waals surface area contributed by atoms with Gasteiger partial charge in [-0.25, -0.2) is 4.90 Å². The second kappa shape index (κ2) is 4.79. The fourth-order valence-corrected chi connectivity index (χ4v) is 3.01. The van der Waals surface area contributed by atoms with E-state index in [4.69, 9.17) is 11.6 Å². The minimum absolute atomic E-state index is 0.0346. The van der Waals surface area contributed by atoms with Crippen LogP contribution in [-0.4, -0.2) is 21.9 Å². The van der Waals surface area contributed by atoms with Crippen molar-refractivity contribution >= 4 is 40.0 Å². The lowest BCUT2D eigenvalue weighted by Crippen LogP contribution is -2.29. The maximum atomic E-state index is 12.5. The van der Waals surface area contributed by atoms with Gasteiger partial charge in [0.2, 0.25) is 0 Å². The van der Waals surface area contributed by atoms with E-state index in [2.05, 4.69) is 4.98 Å². The fraction of sp³-hybridized carbons (Fsp3) is 0. The Morgan fingerprint density at radius 1 is 1.00 bits per heavy atom. The molecule has 1 aromatic heterocycles. The minimum atomic E-state index is -0.493. The SMILES string of the molecule is O=C1c2ccccc2C(=O)N1c1cc(Cl)c2cccnc2c1O. The number of pyridine rings is 1. The number of imide groups is 1. The minimum Gasteiger partial charge on any atom is -0.504 e. The predicted octanol–water partition coefficient (Wildman–Crippen LogP) is 3.39. The Balaban J connectivity index is 1.96. The van der Waals surface area contributed by atoms with Crippen molar-refractivity contribution in [2.24, 2.45) is 0 Å². The molecule has 0 atom stereocenters. The van der Waals surface area contributed by atoms with E-state index in [1.54, 1.807) is 36.4 Å². The zero-order chi connectivity index (χ0) is 16.1. The van der Waals surface area contributed by atoms with E-state index in [9.17, 15) is 14.7 Å². The monoisotopic (exact) mass is 324 g/mol. The summed E-state index contributed by atoms with van der Waals surface area (Å²) in [5.41, 5.74) is 0.877. The average Bonchev–Trinajstić information content (AvgIpc) is 2.83. The average molecular weight is 325 g/mol. The van der Waals surface area contributed by atoms with Crippen LogP contribution in [0.15, 0.2) is 48.7 Å². The van der Waals surface area contributed by atoms with Crippen molar-refractivity contribution in [1.82, 2.24) is 4.98 Å². The summed E-state index contributed by atoms with van der Waals surface area (Å²) in [7, 11) is 0. The summed E-state index contributed by atoms with van der Waals surface area (Å²) in [6, 6.07) is 11.3. The number of nitrogens with zero attached hydrogens (tertiary/aromatic N) is 2. The van der Waals surface area contributed by atoms with Crippen LogP contribution in [0.1, 0.15) is 20.7 Å². The van der Waals surface area contributed by atoms with E-state index in [0.29, 0.717) is 21.5 Å². The third-order valence-electron chi connectivity index (χ3n) is 3.83. The zero-order valence-electron chi connectivity index (χ0n) is 11.7. The molecule has 0 fully saturated rings. The number of amides is 2. The van der Waals surface area contributed by atoms with Crippen LogP contribution in [0.3, 0.4) is 0 Å². The molecule has 0 aliphatic carbocycles. The number of benzene rings is 2. The van der Waals surface area contributed by atoms with Crippen molar-refractivity contribution in [2.45, 2.75) is 0 Å². The van der Waals surface area contributed by atoms with Crippen LogP contribution in [0, 0.1) is 0 Å². The van der Waals surface area contributed by atoms with Gasteiger partial charge in [0.1, 0.15) is 5.52 Å². The molecular formula is C17H9ClN2O3. The first-order valence-corrected chi connectivity index (χ1v) is 7.21. The normalized spacial score (nSPS) is 13.7. The molecule has 0 spiro atoms. The molecular weight excluding hydrogens is 316 g/mol. The molecule has 0 radical (unpaired) electrons. The number of carbonyl (C=O) groups excluding carboxylic acids is 2. The Labute approximate surface area is 135 Å². The maximum Gasteiger partial charge on any atom is 0.266 e. The highest BCUT2D eigenvalue weighted by Gasteiger charge is 2.38. The Kier molecular flexibility index (Phi) is 2.86. The Bertz CT molecular complexity index is 965. The fourth-order valence-electron chi connectivity index (χ4n) is 2.75. The Morgan fingerprint density at radius 3 is 2.30 bits per heavy atom. The largest absolute Gasteiger partial charge is 0.504 e. The van der Waals surface area contributed by atoms with Crippen LogP contribution < -0.4 is 4.90 Å². The van der Waals surface area contributed by atoms with Crippen LogP contribution in [0.25, 0.3) is 10.9 Å². The van der Waals surface area contributed by atoms with Gasteiger partial charge in [-0.15, -0.1) is 0 Å². The zero-order valence-corrected chi connectivity index (χ0v) is 12.4. The van der Waals surface area contributed by atoms with E-state index in [0.717, 1.165) is 4.90 Å². The second-order valence-corrected chi connectivity index (χ2v) is 5.52. The third-order valence-corrected chi connectivity index (χ3v) is 4.14. The van der Waals surface area contributed by atoms with Gasteiger partial charge in [0.05, 0.1) is 21.8 Å². The third kappa shape index (κ3) is 1.83. The highest BCUT2D eigenvalue weighted by molar-refractivity contribution is 6.38. The lowest BCUT2D eigenvalue weighted by molar-refractivity contribution is 0.0925. The summed E-state index contributed by atoms with van der Waals surface area (Å²) in [5.74, 6) is -1.24. The van der Waals surface area contributed by atoms with Crippen molar-refractivity contribution in [3.8, 4) is 5.75 Å². The van der Waals surface area contributed by atoms with Gasteiger partial charge in [0.15, 0.2) is 5.75 Å². The van der Waals surface area contributed by atoms with Gasteiger partial charge in [0, 0.05) is 11.6 Å². The number of phenols is 1. The molecule has 2 amide bonds. The molecule has 3 aromatic rings. The number of hydrogen-bond donors (Lipinski definition) is 1. The standard InChI is InChI=1S/C17H9ClN2O3/c18-12-8-13(15(21)14-11(12)6-3-7-19-14)20-16(22)9-4-1-2-5-10(9)17(20)23/h1-8,21H. The first-order chi connectivity index (χ1) is 11.1. The smallest absolute Gasteiger partial charge is 0.266 e. The molecule has 1 N–H and O–H groups in total. The van der Waals surface area contributed by atoms with Gasteiger partial charge in [-0.1, -0.05) is 23.7 Å². The van der Waals surface area contributed by atoms with Crippen LogP contribution in [-0.2, 0) is 0 Å². The summed E-state index contributed by atoms with van der Waals surface area (Å²) < 4.78 is 0. The van der Waals surface area contributed by atoms with Gasteiger partial charge in [-0.3, -0.25) is 14.6 Å². The Hall–Kier alpha value is -2.92. The van der Waals surface area contributed by atoms with Gasteiger partial charge in [0.25, 0.3) is 11.8 Å². The maximum absolute atomic E-state index is 12.5. The van der Waals surface area contributed by atoms with Gasteiger partial charge in [-0.05, 0) is 30.3 Å². The van der Waals surface area contributed by atoms with Crippen molar-refractivity contribution < 1.29 is 14.7 Å². The van der Waals surface area contributed by atoms with E-state index in [1.807, 2.05) is 0 Å².